The molecule has 0 spiro atoms. The van der Waals surface area contributed by atoms with Crippen LogP contribution in [0.4, 0.5) is 4.39 Å². The van der Waals surface area contributed by atoms with Gasteiger partial charge in [-0.05, 0) is 48.4 Å². The highest BCUT2D eigenvalue weighted by Gasteiger charge is 2.27. The molecule has 2 aliphatic rings. The quantitative estimate of drug-likeness (QED) is 0.935. The molecule has 126 valence electrons. The average molecular weight is 329 g/mol. The summed E-state index contributed by atoms with van der Waals surface area (Å²) in [5.41, 5.74) is 2.19. The molecular formula is C19H20FNO3. The van der Waals surface area contributed by atoms with Crippen molar-refractivity contribution in [2.45, 2.75) is 25.0 Å². The standard InChI is InChI=1S/C19H20FNO3/c20-15-4-2-14(3-5-15)16-7-8-21-10-19(16)22-11-13-1-6-17-18(9-13)24-12-23-17/h1-6,9,16,19,21H,7-8,10-12H2. The lowest BCUT2D eigenvalue weighted by Crippen LogP contribution is -2.40. The summed E-state index contributed by atoms with van der Waals surface area (Å²) in [6, 6.07) is 12.6. The van der Waals surface area contributed by atoms with Gasteiger partial charge in [0.05, 0.1) is 12.7 Å². The van der Waals surface area contributed by atoms with Gasteiger partial charge in [-0.3, -0.25) is 0 Å². The molecule has 2 aliphatic heterocycles. The first-order valence-corrected chi connectivity index (χ1v) is 8.26. The highest BCUT2D eigenvalue weighted by Crippen LogP contribution is 2.33. The predicted molar refractivity (Wildman–Crippen MR) is 87.8 cm³/mol. The van der Waals surface area contributed by atoms with Gasteiger partial charge in [-0.25, -0.2) is 4.39 Å². The maximum atomic E-state index is 13.2. The second-order valence-electron chi connectivity index (χ2n) is 6.19. The van der Waals surface area contributed by atoms with Crippen molar-refractivity contribution < 1.29 is 18.6 Å². The van der Waals surface area contributed by atoms with Crippen molar-refractivity contribution in [3.05, 3.63) is 59.4 Å². The van der Waals surface area contributed by atoms with Crippen LogP contribution in [0.5, 0.6) is 11.5 Å². The molecule has 1 fully saturated rings. The molecule has 0 aromatic heterocycles. The molecule has 2 unspecified atom stereocenters. The summed E-state index contributed by atoms with van der Waals surface area (Å²) in [6.45, 7) is 2.54. The van der Waals surface area contributed by atoms with Gasteiger partial charge in [0.25, 0.3) is 0 Å². The maximum Gasteiger partial charge on any atom is 0.231 e. The van der Waals surface area contributed by atoms with E-state index < -0.39 is 0 Å². The first-order chi connectivity index (χ1) is 11.8. The normalized spacial score (nSPS) is 22.5. The van der Waals surface area contributed by atoms with Crippen LogP contribution in [0.1, 0.15) is 23.5 Å². The monoisotopic (exact) mass is 329 g/mol. The van der Waals surface area contributed by atoms with Crippen molar-refractivity contribution in [3.8, 4) is 11.5 Å². The fourth-order valence-electron chi connectivity index (χ4n) is 3.33. The van der Waals surface area contributed by atoms with E-state index in [-0.39, 0.29) is 24.6 Å². The molecule has 24 heavy (non-hydrogen) atoms. The number of halogens is 1. The Labute approximate surface area is 140 Å². The van der Waals surface area contributed by atoms with Crippen LogP contribution in [0.2, 0.25) is 0 Å². The van der Waals surface area contributed by atoms with E-state index in [1.54, 1.807) is 0 Å². The zero-order valence-corrected chi connectivity index (χ0v) is 13.3. The van der Waals surface area contributed by atoms with Crippen molar-refractivity contribution in [2.24, 2.45) is 0 Å². The molecule has 2 atom stereocenters. The summed E-state index contributed by atoms with van der Waals surface area (Å²) < 4.78 is 30.1. The molecule has 1 saturated heterocycles. The largest absolute Gasteiger partial charge is 0.454 e. The molecule has 0 radical (unpaired) electrons. The van der Waals surface area contributed by atoms with Crippen molar-refractivity contribution >= 4 is 0 Å². The summed E-state index contributed by atoms with van der Waals surface area (Å²) in [6.07, 6.45) is 1.05. The highest BCUT2D eigenvalue weighted by molar-refractivity contribution is 5.44. The Morgan fingerprint density at radius 3 is 2.79 bits per heavy atom. The molecule has 2 aromatic rings. The second-order valence-corrected chi connectivity index (χ2v) is 6.19. The Morgan fingerprint density at radius 2 is 1.92 bits per heavy atom. The number of piperidine rings is 1. The zero-order chi connectivity index (χ0) is 16.4. The van der Waals surface area contributed by atoms with E-state index in [0.717, 1.165) is 42.1 Å². The number of rotatable bonds is 4. The van der Waals surface area contributed by atoms with E-state index in [1.807, 2.05) is 30.3 Å². The Hall–Kier alpha value is -2.11. The van der Waals surface area contributed by atoms with Gasteiger partial charge in [0.15, 0.2) is 11.5 Å². The van der Waals surface area contributed by atoms with Crippen molar-refractivity contribution in [1.82, 2.24) is 5.32 Å². The van der Waals surface area contributed by atoms with Gasteiger partial charge in [0.1, 0.15) is 5.82 Å². The number of nitrogens with one attached hydrogen (secondary N) is 1. The third-order valence-corrected chi connectivity index (χ3v) is 4.63. The van der Waals surface area contributed by atoms with E-state index >= 15 is 0 Å². The number of hydrogen-bond donors (Lipinski definition) is 1. The SMILES string of the molecule is Fc1ccc(C2CCNCC2OCc2ccc3c(c2)OCO3)cc1. The average Bonchev–Trinajstić information content (AvgIpc) is 3.09. The number of fused-ring (bicyclic) bond motifs is 1. The van der Waals surface area contributed by atoms with Crippen molar-refractivity contribution in [2.75, 3.05) is 19.9 Å². The predicted octanol–water partition coefficient (Wildman–Crippen LogP) is 3.22. The van der Waals surface area contributed by atoms with Gasteiger partial charge < -0.3 is 19.5 Å². The minimum absolute atomic E-state index is 0.0645. The number of benzene rings is 2. The summed E-state index contributed by atoms with van der Waals surface area (Å²) in [7, 11) is 0. The third kappa shape index (κ3) is 3.23. The summed E-state index contributed by atoms with van der Waals surface area (Å²) in [4.78, 5) is 0. The molecule has 5 heteroatoms. The smallest absolute Gasteiger partial charge is 0.231 e. The molecule has 4 rings (SSSR count). The molecule has 0 aliphatic carbocycles. The van der Waals surface area contributed by atoms with Gasteiger partial charge in [-0.1, -0.05) is 18.2 Å². The van der Waals surface area contributed by atoms with Crippen LogP contribution in [-0.4, -0.2) is 26.0 Å². The van der Waals surface area contributed by atoms with E-state index in [2.05, 4.69) is 5.32 Å². The van der Waals surface area contributed by atoms with Gasteiger partial charge in [-0.2, -0.15) is 0 Å². The Balaban J connectivity index is 1.44. The fraction of sp³-hybridized carbons (Fsp3) is 0.368. The number of hydrogen-bond acceptors (Lipinski definition) is 4. The first-order valence-electron chi connectivity index (χ1n) is 8.26. The van der Waals surface area contributed by atoms with Gasteiger partial charge in [0, 0.05) is 12.5 Å². The lowest BCUT2D eigenvalue weighted by molar-refractivity contribution is 0.0105. The molecule has 0 bridgehead atoms. The maximum absolute atomic E-state index is 13.2. The van der Waals surface area contributed by atoms with Crippen LogP contribution in [0.3, 0.4) is 0 Å². The highest BCUT2D eigenvalue weighted by atomic mass is 19.1. The van der Waals surface area contributed by atoms with Crippen LogP contribution < -0.4 is 14.8 Å². The van der Waals surface area contributed by atoms with Crippen LogP contribution in [0.15, 0.2) is 42.5 Å². The van der Waals surface area contributed by atoms with E-state index in [1.165, 1.54) is 12.1 Å². The second kappa shape index (κ2) is 6.79. The molecule has 2 heterocycles. The van der Waals surface area contributed by atoms with Crippen LogP contribution in [0, 0.1) is 5.82 Å². The summed E-state index contributed by atoms with van der Waals surface area (Å²) >= 11 is 0. The molecule has 2 aromatic carbocycles. The van der Waals surface area contributed by atoms with Gasteiger partial charge in [0.2, 0.25) is 6.79 Å². The Kier molecular flexibility index (Phi) is 4.36. The Bertz CT molecular complexity index is 704. The van der Waals surface area contributed by atoms with Crippen LogP contribution >= 0.6 is 0 Å². The molecule has 0 amide bonds. The molecular weight excluding hydrogens is 309 g/mol. The van der Waals surface area contributed by atoms with Crippen LogP contribution in [-0.2, 0) is 11.3 Å². The van der Waals surface area contributed by atoms with E-state index in [0.29, 0.717) is 6.61 Å². The first kappa shape index (κ1) is 15.4. The summed E-state index contributed by atoms with van der Waals surface area (Å²) in [5.74, 6) is 1.63. The van der Waals surface area contributed by atoms with Crippen LogP contribution in [0.25, 0.3) is 0 Å². The fourth-order valence-corrected chi connectivity index (χ4v) is 3.33. The third-order valence-electron chi connectivity index (χ3n) is 4.63. The summed E-state index contributed by atoms with van der Waals surface area (Å²) in [5, 5.41) is 3.38. The molecule has 4 nitrogen and oxygen atoms in total. The Morgan fingerprint density at radius 1 is 1.08 bits per heavy atom. The minimum atomic E-state index is -0.203. The minimum Gasteiger partial charge on any atom is -0.454 e. The topological polar surface area (TPSA) is 39.7 Å². The lowest BCUT2D eigenvalue weighted by Gasteiger charge is -2.32. The van der Waals surface area contributed by atoms with E-state index in [9.17, 15) is 4.39 Å². The zero-order valence-electron chi connectivity index (χ0n) is 13.3. The van der Waals surface area contributed by atoms with Gasteiger partial charge >= 0.3 is 0 Å². The number of ether oxygens (including phenoxy) is 3. The molecule has 1 N–H and O–H groups in total. The van der Waals surface area contributed by atoms with Crippen molar-refractivity contribution in [3.63, 3.8) is 0 Å². The van der Waals surface area contributed by atoms with E-state index in [4.69, 9.17) is 14.2 Å². The lowest BCUT2D eigenvalue weighted by atomic mass is 9.88. The van der Waals surface area contributed by atoms with Crippen molar-refractivity contribution in [1.29, 1.82) is 0 Å². The van der Waals surface area contributed by atoms with Gasteiger partial charge in [-0.15, -0.1) is 0 Å². The molecule has 0 saturated carbocycles.